The largest absolute Gasteiger partial charge is 0.387 e. The van der Waals surface area contributed by atoms with Gasteiger partial charge >= 0.3 is 6.03 Å². The van der Waals surface area contributed by atoms with Crippen LogP contribution in [0, 0.1) is 17.8 Å². The number of para-hydroxylation sites is 1. The van der Waals surface area contributed by atoms with Crippen molar-refractivity contribution in [3.8, 4) is 0 Å². The Balaban J connectivity index is 1.40. The van der Waals surface area contributed by atoms with Gasteiger partial charge in [0.05, 0.1) is 47.6 Å². The van der Waals surface area contributed by atoms with Gasteiger partial charge in [-0.2, -0.15) is 0 Å². The third-order valence-electron chi connectivity index (χ3n) is 13.7. The van der Waals surface area contributed by atoms with Crippen molar-refractivity contribution in [2.75, 3.05) is 34.3 Å². The molecule has 0 spiro atoms. The fraction of sp³-hybridized carbons (Fsp3) is 0.667. The zero-order chi connectivity index (χ0) is 45.8. The molecule has 3 aliphatic rings. The van der Waals surface area contributed by atoms with E-state index in [0.717, 1.165) is 22.0 Å². The standard InChI is InChI=1S/C48H73N5O10/c1-28-22-47(6,58)43(63-45-40(54)38(52(8)9)20-29(2)60-45)30(3)41(62-39-23-48(7,59-10)42(55)32(5)61-39)31(4)44(56)51-35(21-34-25-49-37-19-15-14-18-36(34)37)27-53(26-28)46(57)50-24-33-16-12-11-13-17-33/h11-19,25,28-32,35,38-43,45,49,54-55,58H,20-24,26-27H2,1-10H3,(H,50,57)(H,51,56)/t28-,29-,30+,31-,32+,35?,38+,39+,40-,41+,42+,43-,45+,47-,48-/m1/s1. The van der Waals surface area contributed by atoms with Gasteiger partial charge in [-0.25, -0.2) is 4.79 Å². The Morgan fingerprint density at radius 1 is 0.968 bits per heavy atom. The molecule has 3 aromatic rings. The summed E-state index contributed by atoms with van der Waals surface area (Å²) in [5.74, 6) is -2.19. The number of carbonyl (C=O) groups excluding carboxylic acids is 2. The Morgan fingerprint density at radius 3 is 2.37 bits per heavy atom. The van der Waals surface area contributed by atoms with Crippen LogP contribution in [0.25, 0.3) is 10.9 Å². The maximum absolute atomic E-state index is 14.9. The molecule has 63 heavy (non-hydrogen) atoms. The summed E-state index contributed by atoms with van der Waals surface area (Å²) in [7, 11) is 5.33. The van der Waals surface area contributed by atoms with E-state index in [-0.39, 0.29) is 55.9 Å². The molecule has 3 saturated heterocycles. The first-order chi connectivity index (χ1) is 29.8. The monoisotopic (exact) mass is 880 g/mol. The molecule has 3 aliphatic heterocycles. The van der Waals surface area contributed by atoms with E-state index in [9.17, 15) is 24.9 Å². The van der Waals surface area contributed by atoms with Crippen molar-refractivity contribution < 1.29 is 48.6 Å². The number of amides is 3. The van der Waals surface area contributed by atoms with E-state index in [1.807, 2.05) is 101 Å². The average Bonchev–Trinajstić information content (AvgIpc) is 3.65. The highest BCUT2D eigenvalue weighted by Crippen LogP contribution is 2.39. The van der Waals surface area contributed by atoms with Crippen LogP contribution in [-0.4, -0.2) is 149 Å². The number of aliphatic hydroxyl groups is 3. The summed E-state index contributed by atoms with van der Waals surface area (Å²) in [6, 6.07) is 16.5. The Hall–Kier alpha value is -3.64. The molecule has 0 aliphatic carbocycles. The highest BCUT2D eigenvalue weighted by atomic mass is 16.7. The second-order valence-electron chi connectivity index (χ2n) is 19.3. The van der Waals surface area contributed by atoms with Crippen molar-refractivity contribution in [3.05, 3.63) is 71.9 Å². The minimum absolute atomic E-state index is 0.161. The Kier molecular flexibility index (Phi) is 16.0. The summed E-state index contributed by atoms with van der Waals surface area (Å²) in [4.78, 5) is 36.3. The third kappa shape index (κ3) is 11.6. The maximum atomic E-state index is 14.9. The fourth-order valence-corrected chi connectivity index (χ4v) is 10.1. The van der Waals surface area contributed by atoms with E-state index in [2.05, 4.69) is 15.6 Å². The van der Waals surface area contributed by atoms with Gasteiger partial charge in [0, 0.05) is 62.2 Å². The van der Waals surface area contributed by atoms with Crippen LogP contribution >= 0.6 is 0 Å². The molecular weight excluding hydrogens is 807 g/mol. The van der Waals surface area contributed by atoms with Gasteiger partial charge in [-0.3, -0.25) is 4.79 Å². The van der Waals surface area contributed by atoms with Crippen LogP contribution in [0.15, 0.2) is 60.8 Å². The molecule has 4 heterocycles. The molecule has 3 amide bonds. The van der Waals surface area contributed by atoms with E-state index in [1.54, 1.807) is 32.6 Å². The van der Waals surface area contributed by atoms with Gasteiger partial charge in [0.15, 0.2) is 12.6 Å². The predicted octanol–water partition coefficient (Wildman–Crippen LogP) is 4.57. The van der Waals surface area contributed by atoms with E-state index in [0.29, 0.717) is 19.4 Å². The van der Waals surface area contributed by atoms with Crippen LogP contribution in [0.2, 0.25) is 0 Å². The number of methoxy groups -OCH3 is 1. The number of fused-ring (bicyclic) bond motifs is 1. The minimum atomic E-state index is -1.60. The number of nitrogens with one attached hydrogen (secondary N) is 3. The number of hydrogen-bond donors (Lipinski definition) is 6. The number of nitrogens with zero attached hydrogens (tertiary/aromatic N) is 2. The van der Waals surface area contributed by atoms with Gasteiger partial charge in [-0.1, -0.05) is 69.3 Å². The molecule has 0 radical (unpaired) electrons. The Bertz CT molecular complexity index is 1950. The summed E-state index contributed by atoms with van der Waals surface area (Å²) in [5, 5.41) is 43.1. The van der Waals surface area contributed by atoms with E-state index >= 15 is 0 Å². The molecule has 3 fully saturated rings. The molecule has 0 saturated carbocycles. The lowest BCUT2D eigenvalue weighted by Gasteiger charge is -2.48. The number of hydrogen-bond acceptors (Lipinski definition) is 11. The molecule has 15 heteroatoms. The summed E-state index contributed by atoms with van der Waals surface area (Å²) in [6.45, 7) is 13.6. The normalized spacial score (nSPS) is 37.5. The summed E-state index contributed by atoms with van der Waals surface area (Å²) < 4.78 is 32.1. The van der Waals surface area contributed by atoms with Crippen molar-refractivity contribution in [3.63, 3.8) is 0 Å². The van der Waals surface area contributed by atoms with Crippen LogP contribution in [0.4, 0.5) is 4.79 Å². The molecule has 6 N–H and O–H groups in total. The summed E-state index contributed by atoms with van der Waals surface area (Å²) in [6.07, 6.45) is -3.64. The second-order valence-corrected chi connectivity index (χ2v) is 19.3. The molecule has 6 rings (SSSR count). The molecule has 15 atom stereocenters. The number of rotatable bonds is 10. The number of carbonyl (C=O) groups is 2. The highest BCUT2D eigenvalue weighted by molar-refractivity contribution is 5.83. The topological polar surface area (TPSA) is 187 Å². The quantitative estimate of drug-likeness (QED) is 0.168. The van der Waals surface area contributed by atoms with Crippen molar-refractivity contribution in [1.29, 1.82) is 0 Å². The average molecular weight is 880 g/mol. The molecule has 1 aromatic heterocycles. The first kappa shape index (κ1) is 48.8. The number of ether oxygens (including phenoxy) is 5. The number of H-pyrrole nitrogens is 1. The zero-order valence-corrected chi connectivity index (χ0v) is 38.8. The SMILES string of the molecule is CO[C@]1(C)C[C@H](O[C@H]2[C@H](C)[C@@H](O[C@@H]3O[C@H](C)C[C@H](N(C)C)[C@H]3O)[C@](C)(O)C[C@@H](C)CN(C(=O)NCc3ccccc3)CC(Cc3c[nH]c4ccccc34)NC(=O)[C@@H]2C)O[C@@H](C)[C@@H]1O. The summed E-state index contributed by atoms with van der Waals surface area (Å²) in [5.41, 5.74) is 0.284. The lowest BCUT2D eigenvalue weighted by atomic mass is 9.77. The maximum Gasteiger partial charge on any atom is 0.317 e. The molecule has 1 unspecified atom stereocenters. The first-order valence-corrected chi connectivity index (χ1v) is 22.6. The van der Waals surface area contributed by atoms with Crippen molar-refractivity contribution in [2.45, 2.75) is 153 Å². The predicted molar refractivity (Wildman–Crippen MR) is 239 cm³/mol. The number of likely N-dealkylation sites (N-methyl/N-ethyl adjacent to an activating group) is 1. The second kappa shape index (κ2) is 20.7. The van der Waals surface area contributed by atoms with Crippen LogP contribution in [0.5, 0.6) is 0 Å². The van der Waals surface area contributed by atoms with E-state index in [4.69, 9.17) is 23.7 Å². The number of urea groups is 1. The Morgan fingerprint density at radius 2 is 1.67 bits per heavy atom. The number of aromatic amines is 1. The van der Waals surface area contributed by atoms with Crippen LogP contribution < -0.4 is 10.6 Å². The lowest BCUT2D eigenvalue weighted by molar-refractivity contribution is -0.317. The summed E-state index contributed by atoms with van der Waals surface area (Å²) >= 11 is 0. The minimum Gasteiger partial charge on any atom is -0.387 e. The molecule has 2 aromatic carbocycles. The molecular formula is C48H73N5O10. The van der Waals surface area contributed by atoms with Crippen LogP contribution in [0.3, 0.4) is 0 Å². The van der Waals surface area contributed by atoms with Gasteiger partial charge < -0.3 is 64.4 Å². The molecule has 15 nitrogen and oxygen atoms in total. The van der Waals surface area contributed by atoms with E-state index in [1.165, 1.54) is 7.11 Å². The zero-order valence-electron chi connectivity index (χ0n) is 38.8. The van der Waals surface area contributed by atoms with Gasteiger partial charge in [0.2, 0.25) is 5.91 Å². The Labute approximate surface area is 373 Å². The van der Waals surface area contributed by atoms with Crippen molar-refractivity contribution >= 4 is 22.8 Å². The highest BCUT2D eigenvalue weighted by Gasteiger charge is 2.51. The van der Waals surface area contributed by atoms with Gasteiger partial charge in [-0.15, -0.1) is 0 Å². The van der Waals surface area contributed by atoms with E-state index < -0.39 is 72.2 Å². The third-order valence-corrected chi connectivity index (χ3v) is 13.7. The van der Waals surface area contributed by atoms with Crippen LogP contribution in [0.1, 0.15) is 78.9 Å². The lowest BCUT2D eigenvalue weighted by Crippen LogP contribution is -2.60. The van der Waals surface area contributed by atoms with Gasteiger partial charge in [0.25, 0.3) is 0 Å². The number of aliphatic hydroxyl groups excluding tert-OH is 2. The van der Waals surface area contributed by atoms with Gasteiger partial charge in [-0.05, 0) is 84.2 Å². The molecule has 0 bridgehead atoms. The number of benzene rings is 2. The van der Waals surface area contributed by atoms with Crippen molar-refractivity contribution in [1.82, 2.24) is 25.4 Å². The fourth-order valence-electron chi connectivity index (χ4n) is 10.1. The smallest absolute Gasteiger partial charge is 0.317 e. The van der Waals surface area contributed by atoms with Crippen LogP contribution in [-0.2, 0) is 41.4 Å². The van der Waals surface area contributed by atoms with Crippen molar-refractivity contribution in [2.24, 2.45) is 17.8 Å². The first-order valence-electron chi connectivity index (χ1n) is 22.6. The number of aromatic nitrogens is 1. The van der Waals surface area contributed by atoms with Gasteiger partial charge in [0.1, 0.15) is 12.2 Å². The molecule has 350 valence electrons.